The van der Waals surface area contributed by atoms with Gasteiger partial charge in [-0.05, 0) is 37.5 Å². The fourth-order valence-corrected chi connectivity index (χ4v) is 3.61. The van der Waals surface area contributed by atoms with Crippen molar-refractivity contribution in [1.82, 2.24) is 24.8 Å². The Bertz CT molecular complexity index is 1180. The van der Waals surface area contributed by atoms with Crippen molar-refractivity contribution in [2.45, 2.75) is 38.8 Å². The molecular formula is C22H21N5O4. The minimum absolute atomic E-state index is 0.182. The number of fused-ring (bicyclic) bond motifs is 1. The highest BCUT2D eigenvalue weighted by atomic mass is 16.5. The number of rotatable bonds is 4. The molecule has 0 saturated carbocycles. The Morgan fingerprint density at radius 2 is 2.00 bits per heavy atom. The highest BCUT2D eigenvalue weighted by molar-refractivity contribution is 5.97. The van der Waals surface area contributed by atoms with Crippen LogP contribution in [0.5, 0.6) is 5.75 Å². The average Bonchev–Trinajstić information content (AvgIpc) is 2.97. The highest BCUT2D eigenvalue weighted by Crippen LogP contribution is 2.25. The maximum atomic E-state index is 13.0. The highest BCUT2D eigenvalue weighted by Gasteiger charge is 2.25. The standard InChI is InChI=1S/C22H21N5O4/c1-14(28)31-19-8-3-2-6-15(19)22(30)26-17-7-4-5-11-27-20(29)12-18(25-21(17)27)16-9-10-23-13-24-16/h2-3,6,8-10,12-13,17H,4-5,7,11H2,1H3,(H,26,30). The summed E-state index contributed by atoms with van der Waals surface area (Å²) in [6.45, 7) is 1.81. The molecule has 1 aromatic carbocycles. The number of nitrogens with one attached hydrogen (secondary N) is 1. The normalized spacial score (nSPS) is 15.5. The summed E-state index contributed by atoms with van der Waals surface area (Å²) < 4.78 is 6.76. The van der Waals surface area contributed by atoms with Crippen LogP contribution in [0, 0.1) is 0 Å². The van der Waals surface area contributed by atoms with Crippen LogP contribution in [0.25, 0.3) is 11.4 Å². The lowest BCUT2D eigenvalue weighted by molar-refractivity contribution is -0.131. The molecule has 3 heterocycles. The fraction of sp³-hybridized carbons (Fsp3) is 0.273. The van der Waals surface area contributed by atoms with E-state index in [4.69, 9.17) is 4.74 Å². The minimum atomic E-state index is -0.511. The molecule has 2 aromatic heterocycles. The summed E-state index contributed by atoms with van der Waals surface area (Å²) in [5.41, 5.74) is 1.01. The van der Waals surface area contributed by atoms with Crippen LogP contribution in [-0.2, 0) is 11.3 Å². The number of para-hydroxylation sites is 1. The largest absolute Gasteiger partial charge is 0.426 e. The molecule has 31 heavy (non-hydrogen) atoms. The van der Waals surface area contributed by atoms with Crippen LogP contribution >= 0.6 is 0 Å². The molecule has 1 aliphatic rings. The number of ether oxygens (including phenoxy) is 1. The molecule has 3 aromatic rings. The van der Waals surface area contributed by atoms with Gasteiger partial charge in [0, 0.05) is 25.7 Å². The molecular weight excluding hydrogens is 398 g/mol. The molecule has 9 nitrogen and oxygen atoms in total. The van der Waals surface area contributed by atoms with Gasteiger partial charge in [0.15, 0.2) is 0 Å². The number of hydrogen-bond acceptors (Lipinski definition) is 7. The second-order valence-corrected chi connectivity index (χ2v) is 7.20. The Kier molecular flexibility index (Phi) is 5.83. The van der Waals surface area contributed by atoms with Gasteiger partial charge in [0.2, 0.25) is 0 Å². The number of carbonyl (C=O) groups excluding carboxylic acids is 2. The van der Waals surface area contributed by atoms with Gasteiger partial charge in [-0.1, -0.05) is 12.1 Å². The van der Waals surface area contributed by atoms with Gasteiger partial charge in [-0.2, -0.15) is 0 Å². The van der Waals surface area contributed by atoms with E-state index in [0.29, 0.717) is 30.2 Å². The van der Waals surface area contributed by atoms with Crippen molar-refractivity contribution in [2.75, 3.05) is 0 Å². The van der Waals surface area contributed by atoms with E-state index in [1.807, 2.05) is 0 Å². The number of carbonyl (C=O) groups is 2. The van der Waals surface area contributed by atoms with E-state index in [9.17, 15) is 14.4 Å². The SMILES string of the molecule is CC(=O)Oc1ccccc1C(=O)NC1CCCCn2c1nc(-c1ccncn1)cc2=O. The van der Waals surface area contributed by atoms with Crippen molar-refractivity contribution in [3.05, 3.63) is 70.7 Å². The molecule has 0 spiro atoms. The van der Waals surface area contributed by atoms with Gasteiger partial charge >= 0.3 is 5.97 Å². The van der Waals surface area contributed by atoms with Gasteiger partial charge in [0.25, 0.3) is 11.5 Å². The van der Waals surface area contributed by atoms with Crippen molar-refractivity contribution >= 4 is 11.9 Å². The molecule has 1 amide bonds. The Morgan fingerprint density at radius 1 is 1.16 bits per heavy atom. The van der Waals surface area contributed by atoms with E-state index in [-0.39, 0.29) is 16.9 Å². The molecule has 0 aliphatic carbocycles. The van der Waals surface area contributed by atoms with Crippen molar-refractivity contribution in [3.8, 4) is 17.1 Å². The van der Waals surface area contributed by atoms with Crippen LogP contribution in [0.3, 0.4) is 0 Å². The zero-order valence-electron chi connectivity index (χ0n) is 16.9. The fourth-order valence-electron chi connectivity index (χ4n) is 3.61. The number of aromatic nitrogens is 4. The summed E-state index contributed by atoms with van der Waals surface area (Å²) in [4.78, 5) is 50.0. The van der Waals surface area contributed by atoms with Crippen LogP contribution in [0.2, 0.25) is 0 Å². The van der Waals surface area contributed by atoms with Gasteiger partial charge in [-0.15, -0.1) is 0 Å². The van der Waals surface area contributed by atoms with Gasteiger partial charge in [0.05, 0.1) is 23.0 Å². The van der Waals surface area contributed by atoms with E-state index < -0.39 is 17.9 Å². The van der Waals surface area contributed by atoms with E-state index in [1.54, 1.807) is 41.1 Å². The lowest BCUT2D eigenvalue weighted by Gasteiger charge is -2.20. The van der Waals surface area contributed by atoms with Crippen LogP contribution in [-0.4, -0.2) is 31.4 Å². The zero-order chi connectivity index (χ0) is 21.8. The number of hydrogen-bond donors (Lipinski definition) is 1. The second-order valence-electron chi connectivity index (χ2n) is 7.20. The maximum Gasteiger partial charge on any atom is 0.308 e. The van der Waals surface area contributed by atoms with Crippen LogP contribution in [0.15, 0.2) is 53.7 Å². The summed E-state index contributed by atoms with van der Waals surface area (Å²) in [6, 6.07) is 9.18. The van der Waals surface area contributed by atoms with Gasteiger partial charge in [0.1, 0.15) is 17.9 Å². The third kappa shape index (κ3) is 4.50. The molecule has 0 fully saturated rings. The number of benzene rings is 1. The maximum absolute atomic E-state index is 13.0. The predicted molar refractivity (Wildman–Crippen MR) is 111 cm³/mol. The Labute approximate surface area is 178 Å². The van der Waals surface area contributed by atoms with Crippen molar-refractivity contribution < 1.29 is 14.3 Å². The molecule has 9 heteroatoms. The van der Waals surface area contributed by atoms with Crippen molar-refractivity contribution in [3.63, 3.8) is 0 Å². The predicted octanol–water partition coefficient (Wildman–Crippen LogP) is 2.28. The van der Waals surface area contributed by atoms with E-state index in [0.717, 1.165) is 12.8 Å². The lowest BCUT2D eigenvalue weighted by atomic mass is 10.1. The Balaban J connectivity index is 1.70. The monoisotopic (exact) mass is 419 g/mol. The molecule has 1 N–H and O–H groups in total. The summed E-state index contributed by atoms with van der Waals surface area (Å²) in [6.07, 6.45) is 5.23. The van der Waals surface area contributed by atoms with E-state index in [2.05, 4.69) is 20.3 Å². The summed E-state index contributed by atoms with van der Waals surface area (Å²) in [5, 5.41) is 2.97. The van der Waals surface area contributed by atoms with Crippen molar-refractivity contribution in [1.29, 1.82) is 0 Å². The first-order chi connectivity index (χ1) is 15.0. The molecule has 0 bridgehead atoms. The van der Waals surface area contributed by atoms with Crippen LogP contribution in [0.1, 0.15) is 48.4 Å². The molecule has 0 radical (unpaired) electrons. The summed E-state index contributed by atoms with van der Waals surface area (Å²) in [7, 11) is 0. The molecule has 1 unspecified atom stereocenters. The quantitative estimate of drug-likeness (QED) is 0.509. The van der Waals surface area contributed by atoms with Crippen LogP contribution < -0.4 is 15.6 Å². The summed E-state index contributed by atoms with van der Waals surface area (Å²) >= 11 is 0. The topological polar surface area (TPSA) is 116 Å². The van der Waals surface area contributed by atoms with Gasteiger partial charge in [-0.25, -0.2) is 15.0 Å². The number of esters is 1. The van der Waals surface area contributed by atoms with Gasteiger partial charge in [-0.3, -0.25) is 19.0 Å². The first-order valence-electron chi connectivity index (χ1n) is 9.99. The smallest absolute Gasteiger partial charge is 0.308 e. The molecule has 158 valence electrons. The summed E-state index contributed by atoms with van der Waals surface area (Å²) in [5.74, 6) is -0.252. The van der Waals surface area contributed by atoms with E-state index in [1.165, 1.54) is 19.3 Å². The third-order valence-electron chi connectivity index (χ3n) is 5.01. The van der Waals surface area contributed by atoms with Crippen molar-refractivity contribution in [2.24, 2.45) is 0 Å². The average molecular weight is 419 g/mol. The molecule has 4 rings (SSSR count). The first-order valence-corrected chi connectivity index (χ1v) is 9.99. The molecule has 0 saturated heterocycles. The molecule has 1 atom stereocenters. The van der Waals surface area contributed by atoms with Gasteiger partial charge < -0.3 is 10.1 Å². The minimum Gasteiger partial charge on any atom is -0.426 e. The lowest BCUT2D eigenvalue weighted by Crippen LogP contribution is -2.34. The van der Waals surface area contributed by atoms with E-state index >= 15 is 0 Å². The molecule has 1 aliphatic heterocycles. The second kappa shape index (κ2) is 8.86. The van der Waals surface area contributed by atoms with Crippen LogP contribution in [0.4, 0.5) is 0 Å². The number of nitrogens with zero attached hydrogens (tertiary/aromatic N) is 4. The first kappa shape index (κ1) is 20.4. The third-order valence-corrected chi connectivity index (χ3v) is 5.01. The number of amides is 1. The Morgan fingerprint density at radius 3 is 2.77 bits per heavy atom. The zero-order valence-corrected chi connectivity index (χ0v) is 16.9. The Hall–Kier alpha value is -3.88.